The Morgan fingerprint density at radius 1 is 1.18 bits per heavy atom. The van der Waals surface area contributed by atoms with Crippen LogP contribution in [0.2, 0.25) is 0 Å². The van der Waals surface area contributed by atoms with Crippen molar-refractivity contribution in [2.45, 2.75) is 32.7 Å². The number of aromatic nitrogens is 2. The maximum Gasteiger partial charge on any atom is 0.317 e. The van der Waals surface area contributed by atoms with Crippen molar-refractivity contribution in [2.24, 2.45) is 0 Å². The van der Waals surface area contributed by atoms with Gasteiger partial charge in [-0.1, -0.05) is 0 Å². The summed E-state index contributed by atoms with van der Waals surface area (Å²) in [6.45, 7) is 5.32. The molecule has 0 radical (unpaired) electrons. The van der Waals surface area contributed by atoms with Crippen LogP contribution >= 0.6 is 0 Å². The zero-order valence-corrected chi connectivity index (χ0v) is 15.9. The lowest BCUT2D eigenvalue weighted by Gasteiger charge is -2.30. The summed E-state index contributed by atoms with van der Waals surface area (Å²) < 4.78 is 19.3. The third-order valence-electron chi connectivity index (χ3n) is 5.04. The van der Waals surface area contributed by atoms with Gasteiger partial charge in [-0.2, -0.15) is 4.98 Å². The van der Waals surface area contributed by atoms with Gasteiger partial charge in [-0.15, -0.1) is 0 Å². The zero-order chi connectivity index (χ0) is 19.5. The van der Waals surface area contributed by atoms with Crippen molar-refractivity contribution >= 4 is 12.0 Å². The van der Waals surface area contributed by atoms with Gasteiger partial charge in [0.25, 0.3) is 0 Å². The number of nitrogens with one attached hydrogen (secondary N) is 1. The molecule has 3 heterocycles. The fourth-order valence-electron chi connectivity index (χ4n) is 3.57. The number of ether oxygens (including phenoxy) is 1. The van der Waals surface area contributed by atoms with Gasteiger partial charge < -0.3 is 19.9 Å². The molecule has 1 aromatic heterocycles. The molecule has 0 bridgehead atoms. The van der Waals surface area contributed by atoms with E-state index in [1.165, 1.54) is 12.1 Å². The first kappa shape index (κ1) is 18.5. The summed E-state index contributed by atoms with van der Waals surface area (Å²) in [5, 5.41) is 2.83. The number of anilines is 1. The minimum absolute atomic E-state index is 0.107. The van der Waals surface area contributed by atoms with Crippen molar-refractivity contribution in [3.05, 3.63) is 41.3 Å². The Balaban J connectivity index is 1.67. The van der Waals surface area contributed by atoms with Gasteiger partial charge in [0.05, 0.1) is 17.8 Å². The monoisotopic (exact) mass is 385 g/mol. The number of nitrogens with zero attached hydrogens (tertiary/aromatic N) is 4. The molecule has 2 aliphatic heterocycles. The summed E-state index contributed by atoms with van der Waals surface area (Å²) in [6.07, 6.45) is 2.90. The first-order valence-electron chi connectivity index (χ1n) is 9.75. The molecule has 2 aliphatic rings. The largest absolute Gasteiger partial charge is 0.438 e. The standard InChI is InChI=1S/C20H24FN5O2/c1-2-22-20(27)26-12-9-17-16(13-26)18(28-15-7-5-14(21)6-8-15)24-19(23-17)25-10-3-4-11-25/h5-8H,2-4,9-13H2,1H3,(H,22,27). The quantitative estimate of drug-likeness (QED) is 0.876. The molecule has 28 heavy (non-hydrogen) atoms. The molecule has 7 nitrogen and oxygen atoms in total. The van der Waals surface area contributed by atoms with E-state index in [2.05, 4.69) is 15.2 Å². The smallest absolute Gasteiger partial charge is 0.317 e. The van der Waals surface area contributed by atoms with Crippen LogP contribution in [-0.4, -0.2) is 47.1 Å². The minimum atomic E-state index is -0.322. The summed E-state index contributed by atoms with van der Waals surface area (Å²) in [4.78, 5) is 25.6. The molecule has 0 saturated carbocycles. The van der Waals surface area contributed by atoms with Gasteiger partial charge in [0.2, 0.25) is 11.8 Å². The minimum Gasteiger partial charge on any atom is -0.438 e. The molecular weight excluding hydrogens is 361 g/mol. The van der Waals surface area contributed by atoms with Crippen molar-refractivity contribution in [3.8, 4) is 11.6 Å². The summed E-state index contributed by atoms with van der Waals surface area (Å²) in [6, 6.07) is 5.74. The van der Waals surface area contributed by atoms with Crippen molar-refractivity contribution in [2.75, 3.05) is 31.1 Å². The molecule has 1 saturated heterocycles. The average Bonchev–Trinajstić information content (AvgIpc) is 3.24. The van der Waals surface area contributed by atoms with Gasteiger partial charge in [0.1, 0.15) is 11.6 Å². The number of amides is 2. The normalized spacial score (nSPS) is 16.1. The highest BCUT2D eigenvalue weighted by molar-refractivity contribution is 5.74. The molecule has 2 aromatic rings. The van der Waals surface area contributed by atoms with Crippen LogP contribution in [0.1, 0.15) is 31.0 Å². The van der Waals surface area contributed by atoms with E-state index in [0.29, 0.717) is 43.6 Å². The third-order valence-corrected chi connectivity index (χ3v) is 5.04. The second-order valence-corrected chi connectivity index (χ2v) is 7.01. The van der Waals surface area contributed by atoms with E-state index in [0.717, 1.165) is 37.2 Å². The summed E-state index contributed by atoms with van der Waals surface area (Å²) in [5.41, 5.74) is 1.72. The van der Waals surface area contributed by atoms with Gasteiger partial charge in [-0.25, -0.2) is 14.2 Å². The van der Waals surface area contributed by atoms with Crippen molar-refractivity contribution < 1.29 is 13.9 Å². The molecule has 0 atom stereocenters. The van der Waals surface area contributed by atoms with E-state index < -0.39 is 0 Å². The number of urea groups is 1. The van der Waals surface area contributed by atoms with Crippen LogP contribution in [0, 0.1) is 5.82 Å². The van der Waals surface area contributed by atoms with Crippen molar-refractivity contribution in [1.29, 1.82) is 0 Å². The number of fused-ring (bicyclic) bond motifs is 1. The maximum atomic E-state index is 13.2. The first-order valence-corrected chi connectivity index (χ1v) is 9.75. The lowest BCUT2D eigenvalue weighted by Crippen LogP contribution is -2.43. The third kappa shape index (κ3) is 3.85. The van der Waals surface area contributed by atoms with E-state index in [1.54, 1.807) is 17.0 Å². The molecule has 148 valence electrons. The van der Waals surface area contributed by atoms with Crippen LogP contribution < -0.4 is 15.0 Å². The van der Waals surface area contributed by atoms with E-state index in [1.807, 2.05) is 6.92 Å². The SMILES string of the molecule is CCNC(=O)N1CCc2nc(N3CCCC3)nc(Oc3ccc(F)cc3)c2C1. The van der Waals surface area contributed by atoms with Gasteiger partial charge >= 0.3 is 6.03 Å². The molecule has 1 aromatic carbocycles. The Labute approximate surface area is 163 Å². The van der Waals surface area contributed by atoms with Crippen molar-refractivity contribution in [3.63, 3.8) is 0 Å². The Hall–Kier alpha value is -2.90. The number of rotatable bonds is 4. The number of hydrogen-bond donors (Lipinski definition) is 1. The first-order chi connectivity index (χ1) is 13.6. The highest BCUT2D eigenvalue weighted by Gasteiger charge is 2.28. The fourth-order valence-corrected chi connectivity index (χ4v) is 3.57. The zero-order valence-electron chi connectivity index (χ0n) is 15.9. The number of hydrogen-bond acceptors (Lipinski definition) is 5. The van der Waals surface area contributed by atoms with Crippen molar-refractivity contribution in [1.82, 2.24) is 20.2 Å². The van der Waals surface area contributed by atoms with Crippen LogP contribution in [0.3, 0.4) is 0 Å². The molecule has 1 fully saturated rings. The van der Waals surface area contributed by atoms with Crippen LogP contribution in [0.5, 0.6) is 11.6 Å². The lowest BCUT2D eigenvalue weighted by molar-refractivity contribution is 0.191. The highest BCUT2D eigenvalue weighted by Crippen LogP contribution is 2.32. The van der Waals surface area contributed by atoms with E-state index >= 15 is 0 Å². The molecule has 2 amide bonds. The number of carbonyl (C=O) groups is 1. The maximum absolute atomic E-state index is 13.2. The Kier molecular flexibility index (Phi) is 5.27. The average molecular weight is 385 g/mol. The fraction of sp³-hybridized carbons (Fsp3) is 0.450. The number of carbonyl (C=O) groups excluding carboxylic acids is 1. The molecule has 4 rings (SSSR count). The second kappa shape index (κ2) is 8.00. The Bertz CT molecular complexity index is 852. The van der Waals surface area contributed by atoms with Gasteiger partial charge in [-0.3, -0.25) is 0 Å². The van der Waals surface area contributed by atoms with Crippen LogP contribution in [-0.2, 0) is 13.0 Å². The molecular formula is C20H24FN5O2. The molecule has 0 spiro atoms. The predicted octanol–water partition coefficient (Wildman–Crippen LogP) is 3.10. The molecule has 0 aliphatic carbocycles. The number of benzene rings is 1. The van der Waals surface area contributed by atoms with Crippen LogP contribution in [0.4, 0.5) is 15.1 Å². The summed E-state index contributed by atoms with van der Waals surface area (Å²) in [5.74, 6) is 1.29. The van der Waals surface area contributed by atoms with Gasteiger partial charge in [0, 0.05) is 32.6 Å². The molecule has 8 heteroatoms. The van der Waals surface area contributed by atoms with Gasteiger partial charge in [0.15, 0.2) is 0 Å². The van der Waals surface area contributed by atoms with Crippen LogP contribution in [0.15, 0.2) is 24.3 Å². The number of halogens is 1. The highest BCUT2D eigenvalue weighted by atomic mass is 19.1. The van der Waals surface area contributed by atoms with E-state index in [-0.39, 0.29) is 11.8 Å². The Morgan fingerprint density at radius 3 is 2.64 bits per heavy atom. The second-order valence-electron chi connectivity index (χ2n) is 7.01. The van der Waals surface area contributed by atoms with E-state index in [4.69, 9.17) is 9.72 Å². The predicted molar refractivity (Wildman–Crippen MR) is 103 cm³/mol. The van der Waals surface area contributed by atoms with E-state index in [9.17, 15) is 9.18 Å². The molecule has 0 unspecified atom stereocenters. The van der Waals surface area contributed by atoms with Crippen LogP contribution in [0.25, 0.3) is 0 Å². The topological polar surface area (TPSA) is 70.6 Å². The summed E-state index contributed by atoms with van der Waals surface area (Å²) >= 11 is 0. The lowest BCUT2D eigenvalue weighted by atomic mass is 10.1. The summed E-state index contributed by atoms with van der Waals surface area (Å²) in [7, 11) is 0. The Morgan fingerprint density at radius 2 is 1.93 bits per heavy atom. The molecule has 1 N–H and O–H groups in total. The van der Waals surface area contributed by atoms with Gasteiger partial charge in [-0.05, 0) is 44.0 Å².